The van der Waals surface area contributed by atoms with Crippen LogP contribution in [0.25, 0.3) is 6.08 Å². The molecule has 0 aromatic heterocycles. The van der Waals surface area contributed by atoms with Gasteiger partial charge in [0.1, 0.15) is 5.57 Å². The number of carbonyl (C=O) groups is 2. The number of para-hydroxylation sites is 2. The molecule has 146 valence electrons. The number of nitrogens with one attached hydrogen (secondary N) is 2. The van der Waals surface area contributed by atoms with Crippen molar-refractivity contribution in [3.63, 3.8) is 0 Å². The first kappa shape index (κ1) is 20.1. The normalized spacial score (nSPS) is 10.3. The van der Waals surface area contributed by atoms with Crippen LogP contribution in [0.4, 0.5) is 11.4 Å². The van der Waals surface area contributed by atoms with Crippen molar-refractivity contribution in [2.75, 3.05) is 10.6 Å². The highest BCUT2D eigenvalue weighted by molar-refractivity contribution is 6.28. The molecule has 3 aromatic rings. The highest BCUT2D eigenvalue weighted by Gasteiger charge is 2.19. The van der Waals surface area contributed by atoms with Crippen LogP contribution in [0.2, 0.25) is 0 Å². The lowest BCUT2D eigenvalue weighted by molar-refractivity contribution is -0.118. The Hall–Kier alpha value is -3.66. The molecule has 0 atom stereocenters. The van der Waals surface area contributed by atoms with Gasteiger partial charge in [0.05, 0.1) is 0 Å². The average molecular weight is 384 g/mol. The smallest absolute Gasteiger partial charge is 0.261 e. The molecule has 2 amide bonds. The summed E-state index contributed by atoms with van der Waals surface area (Å²) in [5.41, 5.74) is 3.29. The molecular weight excluding hydrogens is 360 g/mol. The highest BCUT2D eigenvalue weighted by Crippen LogP contribution is 2.18. The molecule has 0 saturated carbocycles. The van der Waals surface area contributed by atoms with Crippen LogP contribution < -0.4 is 10.6 Å². The van der Waals surface area contributed by atoms with Crippen LogP contribution in [0.15, 0.2) is 90.5 Å². The van der Waals surface area contributed by atoms with Gasteiger partial charge in [0.2, 0.25) is 0 Å². The second kappa shape index (κ2) is 9.51. The Morgan fingerprint density at radius 1 is 0.690 bits per heavy atom. The molecule has 0 fully saturated rings. The van der Waals surface area contributed by atoms with Crippen molar-refractivity contribution in [1.82, 2.24) is 0 Å². The monoisotopic (exact) mass is 384 g/mol. The number of amides is 2. The number of hydrogen-bond acceptors (Lipinski definition) is 2. The third kappa shape index (κ3) is 5.66. The van der Waals surface area contributed by atoms with Gasteiger partial charge in [-0.1, -0.05) is 74.5 Å². The molecule has 0 spiro atoms. The quantitative estimate of drug-likeness (QED) is 0.336. The Morgan fingerprint density at radius 2 is 1.14 bits per heavy atom. The van der Waals surface area contributed by atoms with Crippen LogP contribution in [-0.2, 0) is 9.59 Å². The second-order valence-electron chi connectivity index (χ2n) is 7.02. The van der Waals surface area contributed by atoms with Crippen molar-refractivity contribution in [3.05, 3.63) is 102 Å². The van der Waals surface area contributed by atoms with Gasteiger partial charge in [0, 0.05) is 11.4 Å². The van der Waals surface area contributed by atoms with Crippen molar-refractivity contribution >= 4 is 29.3 Å². The van der Waals surface area contributed by atoms with Gasteiger partial charge in [0.15, 0.2) is 0 Å². The van der Waals surface area contributed by atoms with E-state index in [1.807, 2.05) is 60.7 Å². The summed E-state index contributed by atoms with van der Waals surface area (Å²) in [4.78, 5) is 25.8. The zero-order valence-corrected chi connectivity index (χ0v) is 16.6. The number of hydrogen-bond donors (Lipinski definition) is 2. The van der Waals surface area contributed by atoms with Crippen molar-refractivity contribution in [1.29, 1.82) is 0 Å². The van der Waals surface area contributed by atoms with E-state index in [4.69, 9.17) is 0 Å². The van der Waals surface area contributed by atoms with E-state index in [2.05, 4.69) is 24.5 Å². The predicted octanol–water partition coefficient (Wildman–Crippen LogP) is 5.47. The molecule has 0 bridgehead atoms. The van der Waals surface area contributed by atoms with E-state index in [1.54, 1.807) is 30.3 Å². The largest absolute Gasteiger partial charge is 0.322 e. The van der Waals surface area contributed by atoms with E-state index in [0.29, 0.717) is 17.3 Å². The van der Waals surface area contributed by atoms with E-state index >= 15 is 0 Å². The van der Waals surface area contributed by atoms with E-state index in [0.717, 1.165) is 5.56 Å². The fourth-order valence-electron chi connectivity index (χ4n) is 2.82. The van der Waals surface area contributed by atoms with Crippen molar-refractivity contribution in [2.24, 2.45) is 0 Å². The summed E-state index contributed by atoms with van der Waals surface area (Å²) in [6.45, 7) is 4.24. The number of anilines is 2. The average Bonchev–Trinajstić information content (AvgIpc) is 2.73. The van der Waals surface area contributed by atoms with Crippen LogP contribution in [0.1, 0.15) is 30.9 Å². The van der Waals surface area contributed by atoms with Gasteiger partial charge < -0.3 is 10.6 Å². The maximum atomic E-state index is 12.9. The van der Waals surface area contributed by atoms with Gasteiger partial charge in [-0.05, 0) is 47.4 Å². The summed E-state index contributed by atoms with van der Waals surface area (Å²) in [7, 11) is 0. The summed E-state index contributed by atoms with van der Waals surface area (Å²) in [5.74, 6) is -0.509. The van der Waals surface area contributed by atoms with Crippen LogP contribution in [0.5, 0.6) is 0 Å². The molecule has 0 radical (unpaired) electrons. The maximum absolute atomic E-state index is 12.9. The Morgan fingerprint density at radius 3 is 1.55 bits per heavy atom. The lowest BCUT2D eigenvalue weighted by Crippen LogP contribution is -2.25. The lowest BCUT2D eigenvalue weighted by atomic mass is 10.0. The minimum Gasteiger partial charge on any atom is -0.322 e. The highest BCUT2D eigenvalue weighted by atomic mass is 16.2. The molecule has 0 aliphatic rings. The molecule has 29 heavy (non-hydrogen) atoms. The van der Waals surface area contributed by atoms with Gasteiger partial charge in [0.25, 0.3) is 11.8 Å². The first-order chi connectivity index (χ1) is 14.0. The molecule has 4 nitrogen and oxygen atoms in total. The topological polar surface area (TPSA) is 58.2 Å². The molecule has 0 unspecified atom stereocenters. The van der Waals surface area contributed by atoms with Crippen LogP contribution in [0, 0.1) is 0 Å². The van der Waals surface area contributed by atoms with Crippen molar-refractivity contribution in [2.45, 2.75) is 19.8 Å². The Bertz CT molecular complexity index is 937. The van der Waals surface area contributed by atoms with E-state index in [1.165, 1.54) is 5.56 Å². The minimum absolute atomic E-state index is 0.0370. The van der Waals surface area contributed by atoms with E-state index in [9.17, 15) is 9.59 Å². The first-order valence-corrected chi connectivity index (χ1v) is 9.57. The minimum atomic E-state index is -0.461. The predicted molar refractivity (Wildman–Crippen MR) is 119 cm³/mol. The van der Waals surface area contributed by atoms with Crippen molar-refractivity contribution < 1.29 is 9.59 Å². The van der Waals surface area contributed by atoms with Gasteiger partial charge in [-0.25, -0.2) is 0 Å². The Balaban J connectivity index is 1.89. The first-order valence-electron chi connectivity index (χ1n) is 9.57. The summed E-state index contributed by atoms with van der Waals surface area (Å²) >= 11 is 0. The molecule has 0 heterocycles. The zero-order chi connectivity index (χ0) is 20.6. The van der Waals surface area contributed by atoms with Gasteiger partial charge in [-0.15, -0.1) is 0 Å². The van der Waals surface area contributed by atoms with Crippen molar-refractivity contribution in [3.8, 4) is 0 Å². The lowest BCUT2D eigenvalue weighted by Gasteiger charge is -2.11. The molecular formula is C25H24N2O2. The molecule has 3 aromatic carbocycles. The summed E-state index contributed by atoms with van der Waals surface area (Å²) in [5, 5.41) is 5.58. The molecule has 2 N–H and O–H groups in total. The van der Waals surface area contributed by atoms with Gasteiger partial charge >= 0.3 is 0 Å². The summed E-state index contributed by atoms with van der Waals surface area (Å²) < 4.78 is 0. The fraction of sp³-hybridized carbons (Fsp3) is 0.120. The second-order valence-corrected chi connectivity index (χ2v) is 7.02. The third-order valence-corrected chi connectivity index (χ3v) is 4.47. The van der Waals surface area contributed by atoms with Crippen LogP contribution in [0.3, 0.4) is 0 Å². The fourth-order valence-corrected chi connectivity index (χ4v) is 2.82. The maximum Gasteiger partial charge on any atom is 0.261 e. The summed E-state index contributed by atoms with van der Waals surface area (Å²) in [6, 6.07) is 26.0. The third-order valence-electron chi connectivity index (χ3n) is 4.47. The SMILES string of the molecule is CC(C)c1ccc(C=C(C(=O)Nc2ccccc2)C(=O)Nc2ccccc2)cc1. The molecule has 3 rings (SSSR count). The van der Waals surface area contributed by atoms with Crippen LogP contribution >= 0.6 is 0 Å². The number of carbonyl (C=O) groups excluding carboxylic acids is 2. The Kier molecular flexibility index (Phi) is 6.59. The molecule has 0 saturated heterocycles. The molecule has 0 aliphatic carbocycles. The van der Waals surface area contributed by atoms with Gasteiger partial charge in [-0.2, -0.15) is 0 Å². The van der Waals surface area contributed by atoms with Gasteiger partial charge in [-0.3, -0.25) is 9.59 Å². The number of rotatable bonds is 6. The molecule has 4 heteroatoms. The van der Waals surface area contributed by atoms with E-state index in [-0.39, 0.29) is 5.57 Å². The number of benzene rings is 3. The zero-order valence-electron chi connectivity index (χ0n) is 16.6. The van der Waals surface area contributed by atoms with Crippen LogP contribution in [-0.4, -0.2) is 11.8 Å². The molecule has 0 aliphatic heterocycles. The standard InChI is InChI=1S/C25H24N2O2/c1-18(2)20-15-13-19(14-16-20)17-23(24(28)26-21-9-5-3-6-10-21)25(29)27-22-11-7-4-8-12-22/h3-18H,1-2H3,(H,26,28)(H,27,29). The Labute approximate surface area is 171 Å². The summed E-state index contributed by atoms with van der Waals surface area (Å²) in [6.07, 6.45) is 1.61. The van der Waals surface area contributed by atoms with E-state index < -0.39 is 11.8 Å².